The molecule has 4 nitrogen and oxygen atoms in total. The standard InChI is InChI=1S/C29H32Cl2N2O2/c1-4-21(3)32-29(35)27(17-22-10-6-5-7-11-22)33(19-24-12-8-9-20(2)15-24)28(34)18-23-13-14-25(30)26(31)16-23/h5-16,21,27H,4,17-19H2,1-3H3,(H,32,35)/t21-,27+/m0/s1. The van der Waals surface area contributed by atoms with Crippen molar-refractivity contribution in [2.24, 2.45) is 0 Å². The highest BCUT2D eigenvalue weighted by atomic mass is 35.5. The number of rotatable bonds is 10. The fraction of sp³-hybridized carbons (Fsp3) is 0.310. The summed E-state index contributed by atoms with van der Waals surface area (Å²) >= 11 is 12.3. The molecule has 0 unspecified atom stereocenters. The van der Waals surface area contributed by atoms with Crippen LogP contribution < -0.4 is 5.32 Å². The zero-order valence-electron chi connectivity index (χ0n) is 20.4. The zero-order valence-corrected chi connectivity index (χ0v) is 21.9. The number of hydrogen-bond donors (Lipinski definition) is 1. The van der Waals surface area contributed by atoms with E-state index in [-0.39, 0.29) is 24.3 Å². The third kappa shape index (κ3) is 7.84. The summed E-state index contributed by atoms with van der Waals surface area (Å²) in [5, 5.41) is 3.93. The molecule has 0 saturated heterocycles. The molecule has 0 fully saturated rings. The zero-order chi connectivity index (χ0) is 25.4. The van der Waals surface area contributed by atoms with Crippen LogP contribution in [0.4, 0.5) is 0 Å². The molecular weight excluding hydrogens is 479 g/mol. The van der Waals surface area contributed by atoms with E-state index in [0.717, 1.165) is 28.7 Å². The minimum absolute atomic E-state index is 0.00627. The SMILES string of the molecule is CC[C@H](C)NC(=O)[C@@H](Cc1ccccc1)N(Cc1cccc(C)c1)C(=O)Cc1ccc(Cl)c(Cl)c1. The van der Waals surface area contributed by atoms with E-state index in [1.165, 1.54) is 0 Å². The smallest absolute Gasteiger partial charge is 0.243 e. The molecule has 3 aromatic rings. The molecule has 0 spiro atoms. The van der Waals surface area contributed by atoms with Gasteiger partial charge in [-0.25, -0.2) is 0 Å². The molecule has 6 heteroatoms. The number of carbonyl (C=O) groups excluding carboxylic acids is 2. The van der Waals surface area contributed by atoms with Crippen molar-refractivity contribution in [3.05, 3.63) is 105 Å². The van der Waals surface area contributed by atoms with E-state index >= 15 is 0 Å². The van der Waals surface area contributed by atoms with Crippen molar-refractivity contribution >= 4 is 35.0 Å². The molecule has 3 aromatic carbocycles. The number of benzene rings is 3. The summed E-state index contributed by atoms with van der Waals surface area (Å²) in [6, 6.07) is 22.4. The lowest BCUT2D eigenvalue weighted by molar-refractivity contribution is -0.141. The van der Waals surface area contributed by atoms with Gasteiger partial charge in [0.15, 0.2) is 0 Å². The van der Waals surface area contributed by atoms with E-state index in [9.17, 15) is 9.59 Å². The molecule has 0 aliphatic rings. The summed E-state index contributed by atoms with van der Waals surface area (Å²) in [6.45, 7) is 6.34. The molecule has 35 heavy (non-hydrogen) atoms. The van der Waals surface area contributed by atoms with E-state index in [4.69, 9.17) is 23.2 Å². The first-order valence-electron chi connectivity index (χ1n) is 11.9. The van der Waals surface area contributed by atoms with Gasteiger partial charge in [0.2, 0.25) is 11.8 Å². The van der Waals surface area contributed by atoms with E-state index in [1.54, 1.807) is 23.1 Å². The summed E-state index contributed by atoms with van der Waals surface area (Å²) in [5.41, 5.74) is 3.82. The second-order valence-electron chi connectivity index (χ2n) is 8.96. The highest BCUT2D eigenvalue weighted by Gasteiger charge is 2.31. The van der Waals surface area contributed by atoms with Gasteiger partial charge in [-0.3, -0.25) is 9.59 Å². The maximum Gasteiger partial charge on any atom is 0.243 e. The van der Waals surface area contributed by atoms with Crippen LogP contribution in [0.5, 0.6) is 0 Å². The Morgan fingerprint density at radius 3 is 2.26 bits per heavy atom. The Balaban J connectivity index is 1.98. The van der Waals surface area contributed by atoms with Crippen molar-refractivity contribution in [1.82, 2.24) is 10.2 Å². The number of hydrogen-bond acceptors (Lipinski definition) is 2. The quantitative estimate of drug-likeness (QED) is 0.343. The van der Waals surface area contributed by atoms with E-state index in [1.807, 2.05) is 75.4 Å². The third-order valence-corrected chi connectivity index (χ3v) is 6.79. The molecule has 1 N–H and O–H groups in total. The Labute approximate surface area is 218 Å². The van der Waals surface area contributed by atoms with Gasteiger partial charge in [-0.1, -0.05) is 96.4 Å². The molecule has 0 aliphatic carbocycles. The van der Waals surface area contributed by atoms with Gasteiger partial charge in [0, 0.05) is 19.0 Å². The molecule has 0 bridgehead atoms. The second-order valence-corrected chi connectivity index (χ2v) is 9.77. The third-order valence-electron chi connectivity index (χ3n) is 6.05. The van der Waals surface area contributed by atoms with Crippen LogP contribution >= 0.6 is 23.2 Å². The lowest BCUT2D eigenvalue weighted by Crippen LogP contribution is -2.52. The van der Waals surface area contributed by atoms with Crippen molar-refractivity contribution in [2.75, 3.05) is 0 Å². The monoisotopic (exact) mass is 510 g/mol. The molecule has 184 valence electrons. The van der Waals surface area contributed by atoms with E-state index in [2.05, 4.69) is 5.32 Å². The van der Waals surface area contributed by atoms with Crippen LogP contribution in [0.2, 0.25) is 10.0 Å². The lowest BCUT2D eigenvalue weighted by atomic mass is 10.0. The maximum atomic E-state index is 13.8. The van der Waals surface area contributed by atoms with Crippen molar-refractivity contribution in [1.29, 1.82) is 0 Å². The number of carbonyl (C=O) groups is 2. The van der Waals surface area contributed by atoms with Crippen molar-refractivity contribution in [2.45, 2.75) is 58.7 Å². The number of aryl methyl sites for hydroxylation is 1. The molecule has 0 saturated carbocycles. The first-order valence-corrected chi connectivity index (χ1v) is 12.7. The van der Waals surface area contributed by atoms with Gasteiger partial charge in [0.1, 0.15) is 6.04 Å². The molecule has 2 atom stereocenters. The Morgan fingerprint density at radius 2 is 1.60 bits per heavy atom. The summed E-state index contributed by atoms with van der Waals surface area (Å²) in [7, 11) is 0. The first kappa shape index (κ1) is 26.8. The van der Waals surface area contributed by atoms with Gasteiger partial charge in [-0.15, -0.1) is 0 Å². The highest BCUT2D eigenvalue weighted by molar-refractivity contribution is 6.42. The second kappa shape index (κ2) is 12.8. The topological polar surface area (TPSA) is 49.4 Å². The van der Waals surface area contributed by atoms with Crippen molar-refractivity contribution < 1.29 is 9.59 Å². The summed E-state index contributed by atoms with van der Waals surface area (Å²) in [6.07, 6.45) is 1.34. The molecule has 0 aromatic heterocycles. The van der Waals surface area contributed by atoms with Gasteiger partial charge in [-0.2, -0.15) is 0 Å². The Morgan fingerprint density at radius 1 is 0.886 bits per heavy atom. The number of amides is 2. The largest absolute Gasteiger partial charge is 0.352 e. The van der Waals surface area contributed by atoms with Crippen molar-refractivity contribution in [3.8, 4) is 0 Å². The first-order chi connectivity index (χ1) is 16.8. The summed E-state index contributed by atoms with van der Waals surface area (Å²) in [4.78, 5) is 29.0. The van der Waals surface area contributed by atoms with Crippen LogP contribution in [-0.4, -0.2) is 28.8 Å². The fourth-order valence-electron chi connectivity index (χ4n) is 3.93. The molecule has 0 radical (unpaired) electrons. The van der Waals surface area contributed by atoms with Crippen LogP contribution in [0.15, 0.2) is 72.8 Å². The fourth-order valence-corrected chi connectivity index (χ4v) is 4.25. The Kier molecular flexibility index (Phi) is 9.76. The molecule has 0 aliphatic heterocycles. The van der Waals surface area contributed by atoms with Crippen molar-refractivity contribution in [3.63, 3.8) is 0 Å². The van der Waals surface area contributed by atoms with Crippen LogP contribution in [0.1, 0.15) is 42.5 Å². The van der Waals surface area contributed by atoms with E-state index in [0.29, 0.717) is 23.0 Å². The average Bonchev–Trinajstić information content (AvgIpc) is 2.84. The van der Waals surface area contributed by atoms with E-state index < -0.39 is 6.04 Å². The van der Waals surface area contributed by atoms with Crippen LogP contribution in [0, 0.1) is 6.92 Å². The summed E-state index contributed by atoms with van der Waals surface area (Å²) < 4.78 is 0. The lowest BCUT2D eigenvalue weighted by Gasteiger charge is -2.32. The van der Waals surface area contributed by atoms with Gasteiger partial charge >= 0.3 is 0 Å². The van der Waals surface area contributed by atoms with Gasteiger partial charge < -0.3 is 10.2 Å². The van der Waals surface area contributed by atoms with Crippen LogP contribution in [-0.2, 0) is 29.0 Å². The number of halogens is 2. The molecule has 3 rings (SSSR count). The normalized spacial score (nSPS) is 12.6. The number of nitrogens with one attached hydrogen (secondary N) is 1. The molecular formula is C29H32Cl2N2O2. The number of nitrogens with zero attached hydrogens (tertiary/aromatic N) is 1. The Hall–Kier alpha value is -2.82. The minimum Gasteiger partial charge on any atom is -0.352 e. The Bertz CT molecular complexity index is 1150. The highest BCUT2D eigenvalue weighted by Crippen LogP contribution is 2.24. The van der Waals surface area contributed by atoms with Crippen LogP contribution in [0.25, 0.3) is 0 Å². The minimum atomic E-state index is -0.665. The molecule has 2 amide bonds. The van der Waals surface area contributed by atoms with Crippen LogP contribution in [0.3, 0.4) is 0 Å². The molecule has 0 heterocycles. The maximum absolute atomic E-state index is 13.8. The predicted octanol–water partition coefficient (Wildman–Crippen LogP) is 6.40. The van der Waals surface area contributed by atoms with Gasteiger partial charge in [0.05, 0.1) is 16.5 Å². The predicted molar refractivity (Wildman–Crippen MR) is 144 cm³/mol. The van der Waals surface area contributed by atoms with Gasteiger partial charge in [0.25, 0.3) is 0 Å². The summed E-state index contributed by atoms with van der Waals surface area (Å²) in [5.74, 6) is -0.302. The van der Waals surface area contributed by atoms with Gasteiger partial charge in [-0.05, 0) is 49.1 Å². The average molecular weight is 511 g/mol.